The summed E-state index contributed by atoms with van der Waals surface area (Å²) in [5, 5.41) is 12.5. The summed E-state index contributed by atoms with van der Waals surface area (Å²) in [5.74, 6) is 0.0725. The monoisotopic (exact) mass is 365 g/mol. The molecular formula is C23H27NO3. The second-order valence-corrected chi connectivity index (χ2v) is 7.77. The molecule has 2 aromatic rings. The molecule has 1 fully saturated rings. The summed E-state index contributed by atoms with van der Waals surface area (Å²) in [6.45, 7) is 0.415. The standard InChI is InChI=1S/C23H27NO3/c25-15-14-23(12-6-1-7-13-23)24-22(26)27-16-21-19-10-4-2-8-17(19)18-9-3-5-11-20(18)21/h2-5,8-11,21,25H,1,6-7,12-16H2,(H,24,26). The van der Waals surface area contributed by atoms with Gasteiger partial charge in [0.15, 0.2) is 0 Å². The number of ether oxygens (including phenoxy) is 1. The van der Waals surface area contributed by atoms with Crippen molar-refractivity contribution in [2.45, 2.75) is 50.0 Å². The van der Waals surface area contributed by atoms with Crippen molar-refractivity contribution < 1.29 is 14.6 Å². The average Bonchev–Trinajstić information content (AvgIpc) is 3.01. The lowest BCUT2D eigenvalue weighted by Crippen LogP contribution is -2.50. The molecule has 0 bridgehead atoms. The van der Waals surface area contributed by atoms with Gasteiger partial charge in [0.1, 0.15) is 6.61 Å². The Morgan fingerprint density at radius 1 is 1.00 bits per heavy atom. The molecule has 0 atom stereocenters. The zero-order chi connectivity index (χ0) is 18.7. The molecular weight excluding hydrogens is 338 g/mol. The largest absolute Gasteiger partial charge is 0.449 e. The predicted octanol–water partition coefficient (Wildman–Crippen LogP) is 4.61. The molecule has 2 N–H and O–H groups in total. The number of fused-ring (bicyclic) bond motifs is 3. The number of hydrogen-bond donors (Lipinski definition) is 2. The quantitative estimate of drug-likeness (QED) is 0.813. The molecule has 1 amide bonds. The summed E-state index contributed by atoms with van der Waals surface area (Å²) < 4.78 is 5.68. The van der Waals surface area contributed by atoms with Gasteiger partial charge in [0, 0.05) is 18.1 Å². The van der Waals surface area contributed by atoms with E-state index in [-0.39, 0.29) is 24.2 Å². The van der Waals surface area contributed by atoms with E-state index in [4.69, 9.17) is 4.74 Å². The van der Waals surface area contributed by atoms with Crippen molar-refractivity contribution in [3.63, 3.8) is 0 Å². The highest BCUT2D eigenvalue weighted by molar-refractivity contribution is 5.79. The fourth-order valence-corrected chi connectivity index (χ4v) is 4.73. The van der Waals surface area contributed by atoms with Crippen LogP contribution in [0.2, 0.25) is 0 Å². The van der Waals surface area contributed by atoms with Crippen molar-refractivity contribution >= 4 is 6.09 Å². The van der Waals surface area contributed by atoms with Crippen LogP contribution >= 0.6 is 0 Å². The summed E-state index contributed by atoms with van der Waals surface area (Å²) in [6.07, 6.45) is 5.42. The van der Waals surface area contributed by atoms with Gasteiger partial charge in [-0.1, -0.05) is 67.8 Å². The van der Waals surface area contributed by atoms with Gasteiger partial charge < -0.3 is 15.2 Å². The molecule has 27 heavy (non-hydrogen) atoms. The number of nitrogens with one attached hydrogen (secondary N) is 1. The predicted molar refractivity (Wildman–Crippen MR) is 106 cm³/mol. The molecule has 4 rings (SSSR count). The Kier molecular flexibility index (Phi) is 5.17. The summed E-state index contributed by atoms with van der Waals surface area (Å²) >= 11 is 0. The van der Waals surface area contributed by atoms with Crippen molar-refractivity contribution in [3.05, 3.63) is 59.7 Å². The molecule has 0 heterocycles. The molecule has 0 aromatic heterocycles. The number of aliphatic hydroxyl groups excluding tert-OH is 1. The van der Waals surface area contributed by atoms with Gasteiger partial charge in [-0.15, -0.1) is 0 Å². The Morgan fingerprint density at radius 2 is 1.59 bits per heavy atom. The van der Waals surface area contributed by atoms with E-state index in [9.17, 15) is 9.90 Å². The molecule has 1 saturated carbocycles. The zero-order valence-corrected chi connectivity index (χ0v) is 15.6. The van der Waals surface area contributed by atoms with Gasteiger partial charge in [0.05, 0.1) is 0 Å². The van der Waals surface area contributed by atoms with Crippen LogP contribution < -0.4 is 5.32 Å². The van der Waals surface area contributed by atoms with Gasteiger partial charge in [-0.2, -0.15) is 0 Å². The highest BCUT2D eigenvalue weighted by Gasteiger charge is 2.34. The number of alkyl carbamates (subject to hydrolysis) is 1. The molecule has 142 valence electrons. The van der Waals surface area contributed by atoms with Gasteiger partial charge >= 0.3 is 6.09 Å². The number of benzene rings is 2. The van der Waals surface area contributed by atoms with Crippen molar-refractivity contribution in [3.8, 4) is 11.1 Å². The smallest absolute Gasteiger partial charge is 0.407 e. The van der Waals surface area contributed by atoms with E-state index in [0.717, 1.165) is 25.7 Å². The SMILES string of the molecule is O=C(NC1(CCO)CCCCC1)OCC1c2ccccc2-c2ccccc21. The Hall–Kier alpha value is -2.33. The lowest BCUT2D eigenvalue weighted by molar-refractivity contribution is 0.110. The highest BCUT2D eigenvalue weighted by Crippen LogP contribution is 2.44. The van der Waals surface area contributed by atoms with E-state index in [2.05, 4.69) is 29.6 Å². The molecule has 0 unspecified atom stereocenters. The van der Waals surface area contributed by atoms with E-state index >= 15 is 0 Å². The average molecular weight is 365 g/mol. The van der Waals surface area contributed by atoms with Gasteiger partial charge in [-0.25, -0.2) is 4.79 Å². The van der Waals surface area contributed by atoms with Crippen LogP contribution in [0.15, 0.2) is 48.5 Å². The van der Waals surface area contributed by atoms with Crippen LogP contribution in [0.3, 0.4) is 0 Å². The highest BCUT2D eigenvalue weighted by atomic mass is 16.5. The third kappa shape index (κ3) is 3.59. The maximum atomic E-state index is 12.6. The Bertz CT molecular complexity index is 760. The normalized spacial score (nSPS) is 17.8. The maximum Gasteiger partial charge on any atom is 0.407 e. The Balaban J connectivity index is 1.46. The molecule has 2 aliphatic carbocycles. The molecule has 0 saturated heterocycles. The van der Waals surface area contributed by atoms with Crippen molar-refractivity contribution in [2.75, 3.05) is 13.2 Å². The minimum absolute atomic E-state index is 0.0725. The van der Waals surface area contributed by atoms with E-state index in [0.29, 0.717) is 13.0 Å². The number of aliphatic hydroxyl groups is 1. The summed E-state index contributed by atoms with van der Waals surface area (Å²) in [7, 11) is 0. The van der Waals surface area contributed by atoms with E-state index in [1.165, 1.54) is 28.7 Å². The molecule has 2 aromatic carbocycles. The number of rotatable bonds is 5. The third-order valence-corrected chi connectivity index (χ3v) is 6.11. The molecule has 0 radical (unpaired) electrons. The third-order valence-electron chi connectivity index (χ3n) is 6.11. The van der Waals surface area contributed by atoms with Crippen LogP contribution in [0.25, 0.3) is 11.1 Å². The molecule has 2 aliphatic rings. The first-order chi connectivity index (χ1) is 13.2. The van der Waals surface area contributed by atoms with Gasteiger partial charge in [0.25, 0.3) is 0 Å². The molecule has 0 spiro atoms. The molecule has 4 nitrogen and oxygen atoms in total. The minimum Gasteiger partial charge on any atom is -0.449 e. The van der Waals surface area contributed by atoms with E-state index in [1.807, 2.05) is 24.3 Å². The van der Waals surface area contributed by atoms with Crippen molar-refractivity contribution in [1.82, 2.24) is 5.32 Å². The topological polar surface area (TPSA) is 58.6 Å². The van der Waals surface area contributed by atoms with Crippen molar-refractivity contribution in [2.24, 2.45) is 0 Å². The molecule has 4 heteroatoms. The van der Waals surface area contributed by atoms with Crippen molar-refractivity contribution in [1.29, 1.82) is 0 Å². The van der Waals surface area contributed by atoms with Crippen LogP contribution in [-0.2, 0) is 4.74 Å². The first-order valence-electron chi connectivity index (χ1n) is 9.96. The fourth-order valence-electron chi connectivity index (χ4n) is 4.73. The van der Waals surface area contributed by atoms with Crippen LogP contribution in [0.5, 0.6) is 0 Å². The fraction of sp³-hybridized carbons (Fsp3) is 0.435. The van der Waals surface area contributed by atoms with E-state index in [1.54, 1.807) is 0 Å². The second kappa shape index (κ2) is 7.73. The minimum atomic E-state index is -0.368. The Morgan fingerprint density at radius 3 is 2.19 bits per heavy atom. The number of carbonyl (C=O) groups is 1. The van der Waals surface area contributed by atoms with E-state index < -0.39 is 0 Å². The first-order valence-corrected chi connectivity index (χ1v) is 9.96. The number of carbonyl (C=O) groups excluding carboxylic acids is 1. The summed E-state index contributed by atoms with van der Waals surface area (Å²) in [6, 6.07) is 16.7. The van der Waals surface area contributed by atoms with Gasteiger partial charge in [0.2, 0.25) is 0 Å². The lowest BCUT2D eigenvalue weighted by Gasteiger charge is -2.37. The van der Waals surface area contributed by atoms with Crippen LogP contribution in [-0.4, -0.2) is 30.0 Å². The maximum absolute atomic E-state index is 12.6. The second-order valence-electron chi connectivity index (χ2n) is 7.77. The first kappa shape index (κ1) is 18.1. The summed E-state index contributed by atoms with van der Waals surface area (Å²) in [4.78, 5) is 12.6. The van der Waals surface area contributed by atoms with Gasteiger partial charge in [-0.3, -0.25) is 0 Å². The van der Waals surface area contributed by atoms with Crippen LogP contribution in [0.4, 0.5) is 4.79 Å². The molecule has 0 aliphatic heterocycles. The van der Waals surface area contributed by atoms with Crippen LogP contribution in [0, 0.1) is 0 Å². The van der Waals surface area contributed by atoms with Crippen LogP contribution in [0.1, 0.15) is 55.6 Å². The number of hydrogen-bond acceptors (Lipinski definition) is 3. The Labute approximate surface area is 160 Å². The zero-order valence-electron chi connectivity index (χ0n) is 15.6. The van der Waals surface area contributed by atoms with Gasteiger partial charge in [-0.05, 0) is 41.5 Å². The lowest BCUT2D eigenvalue weighted by atomic mass is 9.79. The summed E-state index contributed by atoms with van der Waals surface area (Å²) in [5.41, 5.74) is 4.58. The number of amides is 1.